The van der Waals surface area contributed by atoms with E-state index in [1.807, 2.05) is 25.1 Å². The number of halogens is 6. The van der Waals surface area contributed by atoms with Gasteiger partial charge in [0, 0.05) is 42.8 Å². The molecule has 2 aromatic carbocycles. The molecular weight excluding hydrogens is 459 g/mol. The summed E-state index contributed by atoms with van der Waals surface area (Å²) in [5.41, 5.74) is 2.62. The lowest BCUT2D eigenvalue weighted by Gasteiger charge is -2.40. The molecule has 0 spiro atoms. The second-order valence-electron chi connectivity index (χ2n) is 8.23. The number of amides is 1. The molecule has 2 aromatic rings. The molecular formula is C21H22ClF5N2OS. The summed E-state index contributed by atoms with van der Waals surface area (Å²) in [6.45, 7) is 4.39. The molecule has 1 aliphatic carbocycles. The summed E-state index contributed by atoms with van der Waals surface area (Å²) in [7, 11) is -9.68. The Morgan fingerprint density at radius 3 is 2.16 bits per heavy atom. The molecule has 1 heterocycles. The summed E-state index contributed by atoms with van der Waals surface area (Å²) in [5.74, 6) is -0.581. The Morgan fingerprint density at radius 1 is 0.968 bits per heavy atom. The second-order valence-corrected chi connectivity index (χ2v) is 11.1. The molecule has 31 heavy (non-hydrogen) atoms. The van der Waals surface area contributed by atoms with Gasteiger partial charge in [-0.05, 0) is 54.7 Å². The van der Waals surface area contributed by atoms with Crippen molar-refractivity contribution in [3.63, 3.8) is 0 Å². The third-order valence-electron chi connectivity index (χ3n) is 5.96. The number of carbonyl (C=O) groups excluding carboxylic acids is 1. The maximum Gasteiger partial charge on any atom is 0.310 e. The van der Waals surface area contributed by atoms with Gasteiger partial charge in [0.05, 0.1) is 0 Å². The van der Waals surface area contributed by atoms with Crippen LogP contribution in [0.4, 0.5) is 25.1 Å². The van der Waals surface area contributed by atoms with Gasteiger partial charge in [0.1, 0.15) is 4.90 Å². The Morgan fingerprint density at radius 2 is 1.58 bits per heavy atom. The third-order valence-corrected chi connectivity index (χ3v) is 7.36. The average Bonchev–Trinajstić information content (AvgIpc) is 3.49. The van der Waals surface area contributed by atoms with E-state index < -0.39 is 15.1 Å². The lowest BCUT2D eigenvalue weighted by Crippen LogP contribution is -2.49. The van der Waals surface area contributed by atoms with E-state index in [9.17, 15) is 24.2 Å². The van der Waals surface area contributed by atoms with Gasteiger partial charge in [0.15, 0.2) is 0 Å². The zero-order chi connectivity index (χ0) is 22.7. The fraction of sp³-hybridized carbons (Fsp3) is 0.381. The molecule has 2 aliphatic rings. The first-order valence-electron chi connectivity index (χ1n) is 9.87. The van der Waals surface area contributed by atoms with Gasteiger partial charge in [-0.25, -0.2) is 0 Å². The fourth-order valence-electron chi connectivity index (χ4n) is 4.13. The highest BCUT2D eigenvalue weighted by Crippen LogP contribution is 3.02. The van der Waals surface area contributed by atoms with Crippen molar-refractivity contribution in [2.45, 2.75) is 24.2 Å². The minimum atomic E-state index is -9.68. The summed E-state index contributed by atoms with van der Waals surface area (Å²) in [6.07, 6.45) is 0.516. The molecule has 0 aromatic heterocycles. The Labute approximate surface area is 182 Å². The van der Waals surface area contributed by atoms with Gasteiger partial charge in [-0.15, -0.1) is 0 Å². The van der Waals surface area contributed by atoms with Gasteiger partial charge in [-0.1, -0.05) is 49.2 Å². The number of anilines is 1. The van der Waals surface area contributed by atoms with Crippen LogP contribution in [0.2, 0.25) is 5.02 Å². The molecule has 170 valence electrons. The van der Waals surface area contributed by atoms with Crippen LogP contribution in [0.3, 0.4) is 0 Å². The molecule has 1 amide bonds. The second kappa shape index (κ2) is 6.75. The number of hydrogen-bond acceptors (Lipinski definition) is 2. The van der Waals surface area contributed by atoms with Gasteiger partial charge in [-0.3, -0.25) is 4.79 Å². The Hall–Kier alpha value is -2.00. The van der Waals surface area contributed by atoms with Crippen LogP contribution in [0.25, 0.3) is 0 Å². The van der Waals surface area contributed by atoms with Crippen LogP contribution >= 0.6 is 21.8 Å². The predicted octanol–water partition coefficient (Wildman–Crippen LogP) is 6.76. The molecule has 10 heteroatoms. The van der Waals surface area contributed by atoms with E-state index in [1.54, 1.807) is 4.90 Å². The van der Waals surface area contributed by atoms with Crippen molar-refractivity contribution in [1.82, 2.24) is 4.90 Å². The Bertz CT molecular complexity index is 1020. The van der Waals surface area contributed by atoms with Crippen LogP contribution in [-0.2, 0) is 4.79 Å². The van der Waals surface area contributed by atoms with Crippen LogP contribution in [0.5, 0.6) is 0 Å². The largest absolute Gasteiger partial charge is 0.368 e. The molecule has 0 radical (unpaired) electrons. The van der Waals surface area contributed by atoms with Crippen molar-refractivity contribution in [3.8, 4) is 0 Å². The van der Waals surface area contributed by atoms with E-state index >= 15 is 0 Å². The normalized spacial score (nSPS) is 23.8. The summed E-state index contributed by atoms with van der Waals surface area (Å²) in [4.78, 5) is 14.9. The van der Waals surface area contributed by atoms with E-state index in [0.29, 0.717) is 55.3 Å². The molecule has 1 aliphatic heterocycles. The smallest absolute Gasteiger partial charge is 0.310 e. The highest BCUT2D eigenvalue weighted by atomic mass is 35.5. The third kappa shape index (κ3) is 4.77. The molecule has 2 atom stereocenters. The van der Waals surface area contributed by atoms with Crippen LogP contribution in [0, 0.1) is 12.8 Å². The number of carbonyl (C=O) groups is 1. The van der Waals surface area contributed by atoms with Gasteiger partial charge in [0.2, 0.25) is 5.91 Å². The van der Waals surface area contributed by atoms with Gasteiger partial charge in [0.25, 0.3) is 0 Å². The molecule has 1 saturated heterocycles. The van der Waals surface area contributed by atoms with E-state index in [2.05, 4.69) is 4.90 Å². The monoisotopic (exact) mass is 480 g/mol. The summed E-state index contributed by atoms with van der Waals surface area (Å²) in [6, 6.07) is 8.64. The van der Waals surface area contributed by atoms with Crippen molar-refractivity contribution >= 4 is 33.4 Å². The number of hydrogen-bond donors (Lipinski definition) is 0. The maximum absolute atomic E-state index is 12.9. The first-order valence-corrected chi connectivity index (χ1v) is 12.2. The van der Waals surface area contributed by atoms with Crippen molar-refractivity contribution in [3.05, 3.63) is 58.6 Å². The summed E-state index contributed by atoms with van der Waals surface area (Å²) in [5, 5.41) is 0.649. The number of aryl methyl sites for hydroxylation is 1. The number of rotatable bonds is 4. The fourth-order valence-corrected chi connectivity index (χ4v) is 4.95. The first kappa shape index (κ1) is 22.2. The quantitative estimate of drug-likeness (QED) is 0.451. The highest BCUT2D eigenvalue weighted by Gasteiger charge is 2.65. The van der Waals surface area contributed by atoms with Crippen molar-refractivity contribution in [2.24, 2.45) is 5.92 Å². The van der Waals surface area contributed by atoms with Gasteiger partial charge < -0.3 is 9.80 Å². The summed E-state index contributed by atoms with van der Waals surface area (Å²) >= 11 is 6.10. The lowest BCUT2D eigenvalue weighted by atomic mass is 10.1. The molecule has 0 unspecified atom stereocenters. The predicted molar refractivity (Wildman–Crippen MR) is 114 cm³/mol. The SMILES string of the molecule is Cc1ccc(Cl)cc1N1CCN(C(=O)[C@@H]2C[C@@H]2c2ccc(S(F)(F)(F)(F)F)cc2)CC1. The van der Waals surface area contributed by atoms with E-state index in [0.717, 1.165) is 23.4 Å². The van der Waals surface area contributed by atoms with Crippen LogP contribution < -0.4 is 4.90 Å². The zero-order valence-corrected chi connectivity index (χ0v) is 18.3. The molecule has 3 nitrogen and oxygen atoms in total. The summed E-state index contributed by atoms with van der Waals surface area (Å²) < 4.78 is 64.4. The van der Waals surface area contributed by atoms with Gasteiger partial charge in [-0.2, -0.15) is 0 Å². The maximum atomic E-state index is 12.9. The minimum Gasteiger partial charge on any atom is -0.368 e. The number of nitrogens with zero attached hydrogens (tertiary/aromatic N) is 2. The van der Waals surface area contributed by atoms with Crippen molar-refractivity contribution < 1.29 is 24.2 Å². The highest BCUT2D eigenvalue weighted by molar-refractivity contribution is 8.45. The topological polar surface area (TPSA) is 23.6 Å². The lowest BCUT2D eigenvalue weighted by molar-refractivity contribution is -0.133. The van der Waals surface area contributed by atoms with Crippen LogP contribution in [0.15, 0.2) is 47.4 Å². The minimum absolute atomic E-state index is 0.0377. The van der Waals surface area contributed by atoms with E-state index in [-0.39, 0.29) is 17.7 Å². The molecule has 2 fully saturated rings. The first-order chi connectivity index (χ1) is 14.2. The van der Waals surface area contributed by atoms with Crippen molar-refractivity contribution in [2.75, 3.05) is 31.1 Å². The molecule has 0 N–H and O–H groups in total. The number of benzene rings is 2. The van der Waals surface area contributed by atoms with E-state index in [1.165, 1.54) is 0 Å². The standard InChI is InChI=1S/C21H22ClF5N2OS/c1-14-2-5-16(22)12-20(14)28-8-10-29(11-9-28)21(30)19-13-18(19)15-3-6-17(7-4-15)31(23,24,25,26)27/h2-7,12,18-19H,8-11,13H2,1H3/t18-,19-/m1/s1. The Kier molecular flexibility index (Phi) is 4.83. The molecule has 4 rings (SSSR count). The van der Waals surface area contributed by atoms with E-state index in [4.69, 9.17) is 11.6 Å². The molecule has 0 bridgehead atoms. The average molecular weight is 481 g/mol. The molecule has 1 saturated carbocycles. The van der Waals surface area contributed by atoms with Crippen LogP contribution in [0.1, 0.15) is 23.5 Å². The van der Waals surface area contributed by atoms with Crippen LogP contribution in [-0.4, -0.2) is 37.0 Å². The van der Waals surface area contributed by atoms with Crippen molar-refractivity contribution in [1.29, 1.82) is 0 Å². The van der Waals surface area contributed by atoms with Gasteiger partial charge >= 0.3 is 10.2 Å². The Balaban J connectivity index is 1.37. The zero-order valence-electron chi connectivity index (χ0n) is 16.7. The number of piperazine rings is 1.